The summed E-state index contributed by atoms with van der Waals surface area (Å²) < 4.78 is 11.6. The van der Waals surface area contributed by atoms with Gasteiger partial charge in [0.1, 0.15) is 0 Å². The molecule has 0 aromatic carbocycles. The van der Waals surface area contributed by atoms with E-state index in [-0.39, 0.29) is 23.1 Å². The third kappa shape index (κ3) is 4.86. The van der Waals surface area contributed by atoms with Gasteiger partial charge in [0.05, 0.1) is 5.54 Å². The Morgan fingerprint density at radius 2 is 1.83 bits per heavy atom. The van der Waals surface area contributed by atoms with Crippen LogP contribution in [0.1, 0.15) is 46.5 Å². The Bertz CT molecular complexity index is 310. The quantitative estimate of drug-likeness (QED) is 0.822. The zero-order chi connectivity index (χ0) is 13.1. The Labute approximate surface area is 118 Å². The van der Waals surface area contributed by atoms with E-state index in [0.29, 0.717) is 12.3 Å². The maximum absolute atomic E-state index is 11.9. The summed E-state index contributed by atoms with van der Waals surface area (Å²) in [7, 11) is -0.924. The van der Waals surface area contributed by atoms with Crippen LogP contribution in [0.3, 0.4) is 0 Å². The predicted octanol–water partition coefficient (Wildman–Crippen LogP) is 1.34. The number of carbonyl (C=O) groups is 1. The molecule has 3 N–H and O–H groups in total. The van der Waals surface area contributed by atoms with Crippen LogP contribution < -0.4 is 11.1 Å². The highest BCUT2D eigenvalue weighted by Gasteiger charge is 2.36. The number of nitrogens with two attached hydrogens (primary N) is 1. The smallest absolute Gasteiger partial charge is 0.240 e. The standard InChI is InChI=1S/C12H24N2O2S.ClH/c1-11(2,3)17(16)9-8-14-10(15)12(13)6-4-5-7-12;/h4-9,13H2,1-3H3,(H,14,15);1H. The molecule has 1 aliphatic carbocycles. The number of amides is 1. The molecule has 108 valence electrons. The Morgan fingerprint density at radius 1 is 1.33 bits per heavy atom. The summed E-state index contributed by atoms with van der Waals surface area (Å²) in [6.07, 6.45) is 3.58. The van der Waals surface area contributed by atoms with E-state index < -0.39 is 16.3 Å². The van der Waals surface area contributed by atoms with Crippen LogP contribution in [0, 0.1) is 0 Å². The lowest BCUT2D eigenvalue weighted by Crippen LogP contribution is -2.52. The van der Waals surface area contributed by atoms with Gasteiger partial charge in [0, 0.05) is 27.8 Å². The van der Waals surface area contributed by atoms with Gasteiger partial charge in [-0.2, -0.15) is 0 Å². The normalized spacial score (nSPS) is 20.0. The fraction of sp³-hybridized carbons (Fsp3) is 0.917. The highest BCUT2D eigenvalue weighted by molar-refractivity contribution is 7.86. The van der Waals surface area contributed by atoms with E-state index >= 15 is 0 Å². The first kappa shape index (κ1) is 17.9. The summed E-state index contributed by atoms with van der Waals surface area (Å²) in [4.78, 5) is 11.9. The second kappa shape index (κ2) is 6.87. The van der Waals surface area contributed by atoms with Gasteiger partial charge in [-0.3, -0.25) is 9.00 Å². The van der Waals surface area contributed by atoms with Crippen molar-refractivity contribution < 1.29 is 9.00 Å². The molecule has 0 spiro atoms. The van der Waals surface area contributed by atoms with Crippen molar-refractivity contribution in [3.8, 4) is 0 Å². The van der Waals surface area contributed by atoms with Gasteiger partial charge < -0.3 is 11.1 Å². The van der Waals surface area contributed by atoms with Crippen LogP contribution in [0.2, 0.25) is 0 Å². The van der Waals surface area contributed by atoms with Crippen LogP contribution in [0.4, 0.5) is 0 Å². The largest absolute Gasteiger partial charge is 0.354 e. The van der Waals surface area contributed by atoms with Crippen molar-refractivity contribution in [3.05, 3.63) is 0 Å². The van der Waals surface area contributed by atoms with Crippen molar-refractivity contribution in [3.63, 3.8) is 0 Å². The van der Waals surface area contributed by atoms with E-state index in [1.807, 2.05) is 20.8 Å². The van der Waals surface area contributed by atoms with Crippen molar-refractivity contribution in [2.24, 2.45) is 5.73 Å². The number of halogens is 1. The Hall–Kier alpha value is -0.130. The Morgan fingerprint density at radius 3 is 2.28 bits per heavy atom. The molecule has 0 saturated heterocycles. The van der Waals surface area contributed by atoms with Crippen molar-refractivity contribution in [1.29, 1.82) is 0 Å². The number of nitrogens with one attached hydrogen (secondary N) is 1. The Balaban J connectivity index is 0.00000289. The minimum atomic E-state index is -0.924. The predicted molar refractivity (Wildman–Crippen MR) is 78.4 cm³/mol. The summed E-state index contributed by atoms with van der Waals surface area (Å²) in [5.41, 5.74) is 5.34. The number of rotatable bonds is 4. The first-order chi connectivity index (χ1) is 7.76. The minimum absolute atomic E-state index is 0. The third-order valence-corrected chi connectivity index (χ3v) is 5.14. The monoisotopic (exact) mass is 296 g/mol. The number of carbonyl (C=O) groups excluding carboxylic acids is 1. The fourth-order valence-corrected chi connectivity index (χ4v) is 2.87. The molecule has 1 fully saturated rings. The van der Waals surface area contributed by atoms with E-state index in [9.17, 15) is 9.00 Å². The summed E-state index contributed by atoms with van der Waals surface area (Å²) in [5, 5.41) is 2.81. The second-order valence-electron chi connectivity index (χ2n) is 5.78. The molecular weight excluding hydrogens is 272 g/mol. The lowest BCUT2D eigenvalue weighted by atomic mass is 9.98. The summed E-state index contributed by atoms with van der Waals surface area (Å²) >= 11 is 0. The molecule has 1 rings (SSSR count). The molecule has 0 heterocycles. The fourth-order valence-electron chi connectivity index (χ4n) is 1.97. The van der Waals surface area contributed by atoms with Crippen LogP contribution in [0.15, 0.2) is 0 Å². The number of hydrogen-bond donors (Lipinski definition) is 2. The van der Waals surface area contributed by atoms with E-state index in [2.05, 4.69) is 5.32 Å². The molecule has 0 aromatic heterocycles. The van der Waals surface area contributed by atoms with Gasteiger partial charge in [-0.15, -0.1) is 12.4 Å². The Kier molecular flexibility index (Phi) is 6.82. The van der Waals surface area contributed by atoms with Crippen molar-refractivity contribution in [1.82, 2.24) is 5.32 Å². The third-order valence-electron chi connectivity index (χ3n) is 3.20. The topological polar surface area (TPSA) is 72.2 Å². The maximum atomic E-state index is 11.9. The van der Waals surface area contributed by atoms with Crippen LogP contribution in [-0.4, -0.2) is 32.7 Å². The first-order valence-electron chi connectivity index (χ1n) is 6.21. The molecule has 0 radical (unpaired) electrons. The van der Waals surface area contributed by atoms with Crippen LogP contribution in [0.5, 0.6) is 0 Å². The molecule has 18 heavy (non-hydrogen) atoms. The van der Waals surface area contributed by atoms with Gasteiger partial charge in [-0.25, -0.2) is 0 Å². The molecular formula is C12H25ClN2O2S. The van der Waals surface area contributed by atoms with E-state index in [4.69, 9.17) is 5.73 Å². The molecule has 1 atom stereocenters. The first-order valence-corrected chi connectivity index (χ1v) is 7.53. The highest BCUT2D eigenvalue weighted by Crippen LogP contribution is 2.27. The van der Waals surface area contributed by atoms with Gasteiger partial charge >= 0.3 is 0 Å². The zero-order valence-electron chi connectivity index (χ0n) is 11.5. The van der Waals surface area contributed by atoms with Crippen molar-refractivity contribution in [2.75, 3.05) is 12.3 Å². The van der Waals surface area contributed by atoms with E-state index in [1.54, 1.807) is 0 Å². The molecule has 1 aliphatic rings. The molecule has 0 bridgehead atoms. The molecule has 6 heteroatoms. The minimum Gasteiger partial charge on any atom is -0.354 e. The molecule has 1 saturated carbocycles. The number of hydrogen-bond acceptors (Lipinski definition) is 3. The van der Waals surface area contributed by atoms with Crippen LogP contribution in [0.25, 0.3) is 0 Å². The van der Waals surface area contributed by atoms with Crippen molar-refractivity contribution in [2.45, 2.75) is 56.7 Å². The van der Waals surface area contributed by atoms with Gasteiger partial charge in [0.25, 0.3) is 0 Å². The van der Waals surface area contributed by atoms with Crippen LogP contribution in [-0.2, 0) is 15.6 Å². The maximum Gasteiger partial charge on any atom is 0.240 e. The molecule has 1 amide bonds. The van der Waals surface area contributed by atoms with Gasteiger partial charge in [-0.1, -0.05) is 12.8 Å². The average Bonchev–Trinajstić information content (AvgIpc) is 2.64. The molecule has 0 aliphatic heterocycles. The van der Waals surface area contributed by atoms with Gasteiger partial charge in [0.15, 0.2) is 0 Å². The molecule has 0 aromatic rings. The second-order valence-corrected chi connectivity index (χ2v) is 8.11. The van der Waals surface area contributed by atoms with E-state index in [0.717, 1.165) is 25.7 Å². The lowest BCUT2D eigenvalue weighted by Gasteiger charge is -2.23. The SMILES string of the molecule is CC(C)(C)S(=O)CCNC(=O)C1(N)CCCC1.Cl. The van der Waals surface area contributed by atoms with Gasteiger partial charge in [-0.05, 0) is 33.6 Å². The summed E-state index contributed by atoms with van der Waals surface area (Å²) in [6.45, 7) is 6.26. The van der Waals surface area contributed by atoms with Crippen molar-refractivity contribution >= 4 is 29.1 Å². The average molecular weight is 297 g/mol. The highest BCUT2D eigenvalue weighted by atomic mass is 35.5. The summed E-state index contributed by atoms with van der Waals surface area (Å²) in [5.74, 6) is 0.409. The van der Waals surface area contributed by atoms with Crippen LogP contribution >= 0.6 is 12.4 Å². The zero-order valence-corrected chi connectivity index (χ0v) is 13.1. The summed E-state index contributed by atoms with van der Waals surface area (Å²) in [6, 6.07) is 0. The lowest BCUT2D eigenvalue weighted by molar-refractivity contribution is -0.126. The molecule has 1 unspecified atom stereocenters. The van der Waals surface area contributed by atoms with Gasteiger partial charge in [0.2, 0.25) is 5.91 Å². The van der Waals surface area contributed by atoms with E-state index in [1.165, 1.54) is 0 Å². The molecule has 4 nitrogen and oxygen atoms in total.